The van der Waals surface area contributed by atoms with Gasteiger partial charge in [-0.15, -0.1) is 0 Å². The molecule has 0 aromatic heterocycles. The van der Waals surface area contributed by atoms with Gasteiger partial charge in [-0.1, -0.05) is 26.8 Å². The minimum Gasteiger partial charge on any atom is -0.495 e. The fraction of sp³-hybridized carbons (Fsp3) is 0.409. The van der Waals surface area contributed by atoms with E-state index in [1.165, 1.54) is 4.31 Å². The number of ether oxygens (including phenoxy) is 2. The van der Waals surface area contributed by atoms with Gasteiger partial charge in [0.25, 0.3) is 0 Å². The molecule has 1 saturated heterocycles. The summed E-state index contributed by atoms with van der Waals surface area (Å²) < 4.78 is 37.6. The molecule has 0 radical (unpaired) electrons. The second-order valence-corrected chi connectivity index (χ2v) is 10.6. The van der Waals surface area contributed by atoms with Gasteiger partial charge < -0.3 is 20.1 Å². The number of morpholine rings is 1. The van der Waals surface area contributed by atoms with Crippen molar-refractivity contribution < 1.29 is 17.9 Å². The minimum absolute atomic E-state index is 0.0143. The van der Waals surface area contributed by atoms with Crippen molar-refractivity contribution in [3.63, 3.8) is 0 Å². The molecule has 1 aliphatic rings. The molecule has 0 amide bonds. The molecular formula is C22H29N3O4S2. The van der Waals surface area contributed by atoms with Gasteiger partial charge in [-0.25, -0.2) is 8.42 Å². The molecule has 7 nitrogen and oxygen atoms in total. The maximum Gasteiger partial charge on any atom is 0.243 e. The van der Waals surface area contributed by atoms with Crippen LogP contribution in [0.1, 0.15) is 26.3 Å². The summed E-state index contributed by atoms with van der Waals surface area (Å²) >= 11 is 5.45. The van der Waals surface area contributed by atoms with Crippen molar-refractivity contribution in [3.8, 4) is 5.75 Å². The summed E-state index contributed by atoms with van der Waals surface area (Å²) in [6.45, 7) is 7.99. The van der Waals surface area contributed by atoms with Crippen LogP contribution in [0.5, 0.6) is 5.75 Å². The van der Waals surface area contributed by atoms with Crippen molar-refractivity contribution >= 4 is 38.7 Å². The van der Waals surface area contributed by atoms with Gasteiger partial charge in [0.1, 0.15) is 5.75 Å². The monoisotopic (exact) mass is 463 g/mol. The Labute approximate surface area is 189 Å². The number of rotatable bonds is 5. The Morgan fingerprint density at radius 2 is 1.71 bits per heavy atom. The van der Waals surface area contributed by atoms with Crippen LogP contribution in [0.3, 0.4) is 0 Å². The predicted octanol–water partition coefficient (Wildman–Crippen LogP) is 3.82. The Morgan fingerprint density at radius 3 is 2.29 bits per heavy atom. The van der Waals surface area contributed by atoms with Crippen LogP contribution in [-0.4, -0.2) is 51.2 Å². The normalized spacial score (nSPS) is 15.4. The molecule has 2 aromatic carbocycles. The van der Waals surface area contributed by atoms with E-state index in [2.05, 4.69) is 31.4 Å². The Kier molecular flexibility index (Phi) is 7.20. The van der Waals surface area contributed by atoms with Crippen molar-refractivity contribution in [1.29, 1.82) is 0 Å². The molecule has 1 aliphatic heterocycles. The second-order valence-electron chi connectivity index (χ2n) is 8.29. The Hall–Kier alpha value is -2.20. The van der Waals surface area contributed by atoms with Crippen LogP contribution in [0, 0.1) is 0 Å². The highest BCUT2D eigenvalue weighted by molar-refractivity contribution is 7.89. The molecule has 31 heavy (non-hydrogen) atoms. The lowest BCUT2D eigenvalue weighted by Gasteiger charge is -2.26. The molecule has 0 saturated carbocycles. The number of nitrogens with one attached hydrogen (secondary N) is 2. The third-order valence-corrected chi connectivity index (χ3v) is 7.15. The minimum atomic E-state index is -3.52. The third kappa shape index (κ3) is 5.74. The number of methoxy groups -OCH3 is 1. The molecule has 9 heteroatoms. The molecule has 0 bridgehead atoms. The van der Waals surface area contributed by atoms with Gasteiger partial charge in [-0.3, -0.25) is 0 Å². The smallest absolute Gasteiger partial charge is 0.243 e. The highest BCUT2D eigenvalue weighted by Crippen LogP contribution is 2.31. The zero-order valence-electron chi connectivity index (χ0n) is 18.3. The van der Waals surface area contributed by atoms with Gasteiger partial charge in [0.15, 0.2) is 5.11 Å². The van der Waals surface area contributed by atoms with E-state index >= 15 is 0 Å². The summed E-state index contributed by atoms with van der Waals surface area (Å²) in [6.07, 6.45) is 0. The lowest BCUT2D eigenvalue weighted by atomic mass is 9.87. The molecule has 1 fully saturated rings. The second kappa shape index (κ2) is 9.52. The Balaban J connectivity index is 1.70. The summed E-state index contributed by atoms with van der Waals surface area (Å²) in [6, 6.07) is 12.5. The highest BCUT2D eigenvalue weighted by atomic mass is 32.2. The van der Waals surface area contributed by atoms with E-state index in [1.807, 2.05) is 18.2 Å². The molecule has 2 N–H and O–H groups in total. The number of benzene rings is 2. The van der Waals surface area contributed by atoms with E-state index in [0.29, 0.717) is 42.9 Å². The van der Waals surface area contributed by atoms with E-state index in [-0.39, 0.29) is 10.3 Å². The largest absolute Gasteiger partial charge is 0.495 e. The Bertz CT molecular complexity index is 1030. The zero-order chi connectivity index (χ0) is 22.6. The molecule has 0 atom stereocenters. The van der Waals surface area contributed by atoms with Crippen molar-refractivity contribution in [3.05, 3.63) is 48.0 Å². The molecule has 0 aliphatic carbocycles. The van der Waals surface area contributed by atoms with Crippen LogP contribution < -0.4 is 15.4 Å². The first-order valence-corrected chi connectivity index (χ1v) is 11.9. The molecular weight excluding hydrogens is 434 g/mol. The standard InChI is InChI=1S/C22H29N3O4S2/c1-22(2,3)16-5-10-20(28-4)19(15-16)24-21(30)23-17-6-8-18(9-7-17)31(26,27)25-11-13-29-14-12-25/h5-10,15H,11-14H2,1-4H3,(H2,23,24,30). The van der Waals surface area contributed by atoms with Crippen LogP contribution in [0.2, 0.25) is 0 Å². The SMILES string of the molecule is COc1ccc(C(C)(C)C)cc1NC(=S)Nc1ccc(S(=O)(=O)N2CCOCC2)cc1. The van der Waals surface area contributed by atoms with Crippen LogP contribution >= 0.6 is 12.2 Å². The molecule has 2 aromatic rings. The first-order chi connectivity index (χ1) is 14.6. The highest BCUT2D eigenvalue weighted by Gasteiger charge is 2.26. The van der Waals surface area contributed by atoms with Gasteiger partial charge in [-0.05, 0) is 59.6 Å². The maximum absolute atomic E-state index is 12.7. The van der Waals surface area contributed by atoms with Crippen LogP contribution in [-0.2, 0) is 20.2 Å². The van der Waals surface area contributed by atoms with Gasteiger partial charge in [0.2, 0.25) is 10.0 Å². The zero-order valence-corrected chi connectivity index (χ0v) is 19.9. The van der Waals surface area contributed by atoms with Crippen LogP contribution in [0.4, 0.5) is 11.4 Å². The van der Waals surface area contributed by atoms with E-state index < -0.39 is 10.0 Å². The third-order valence-electron chi connectivity index (χ3n) is 5.03. The average molecular weight is 464 g/mol. The number of sulfonamides is 1. The molecule has 0 spiro atoms. The van der Waals surface area contributed by atoms with Crippen molar-refractivity contribution in [2.75, 3.05) is 44.0 Å². The summed E-state index contributed by atoms with van der Waals surface area (Å²) in [4.78, 5) is 0.248. The van der Waals surface area contributed by atoms with E-state index in [4.69, 9.17) is 21.7 Å². The van der Waals surface area contributed by atoms with Crippen molar-refractivity contribution in [2.45, 2.75) is 31.1 Å². The summed E-state index contributed by atoms with van der Waals surface area (Å²) in [5, 5.41) is 6.65. The van der Waals surface area contributed by atoms with Gasteiger partial charge in [-0.2, -0.15) is 4.31 Å². The maximum atomic E-state index is 12.7. The summed E-state index contributed by atoms with van der Waals surface area (Å²) in [5.41, 5.74) is 2.58. The van der Waals surface area contributed by atoms with E-state index in [9.17, 15) is 8.42 Å². The van der Waals surface area contributed by atoms with E-state index in [1.54, 1.807) is 31.4 Å². The first kappa shape index (κ1) is 23.5. The number of hydrogen-bond donors (Lipinski definition) is 2. The lowest BCUT2D eigenvalue weighted by Crippen LogP contribution is -2.40. The Morgan fingerprint density at radius 1 is 1.06 bits per heavy atom. The number of anilines is 2. The van der Waals surface area contributed by atoms with Crippen molar-refractivity contribution in [1.82, 2.24) is 4.31 Å². The molecule has 1 heterocycles. The quantitative estimate of drug-likeness (QED) is 0.653. The fourth-order valence-electron chi connectivity index (χ4n) is 3.20. The van der Waals surface area contributed by atoms with E-state index in [0.717, 1.165) is 11.3 Å². The number of thiocarbonyl (C=S) groups is 1. The summed E-state index contributed by atoms with van der Waals surface area (Å²) in [7, 11) is -1.91. The van der Waals surface area contributed by atoms with Crippen molar-refractivity contribution in [2.24, 2.45) is 0 Å². The summed E-state index contributed by atoms with van der Waals surface area (Å²) in [5.74, 6) is 0.684. The molecule has 168 valence electrons. The topological polar surface area (TPSA) is 79.9 Å². The number of hydrogen-bond acceptors (Lipinski definition) is 5. The molecule has 3 rings (SSSR count). The van der Waals surface area contributed by atoms with Gasteiger partial charge in [0.05, 0.1) is 30.9 Å². The van der Waals surface area contributed by atoms with Gasteiger partial charge >= 0.3 is 0 Å². The number of nitrogens with zero attached hydrogens (tertiary/aromatic N) is 1. The van der Waals surface area contributed by atoms with Crippen LogP contribution in [0.25, 0.3) is 0 Å². The lowest BCUT2D eigenvalue weighted by molar-refractivity contribution is 0.0730. The first-order valence-electron chi connectivity index (χ1n) is 10.1. The van der Waals surface area contributed by atoms with Gasteiger partial charge in [0, 0.05) is 18.8 Å². The fourth-order valence-corrected chi connectivity index (χ4v) is 4.84. The average Bonchev–Trinajstić information content (AvgIpc) is 2.74. The van der Waals surface area contributed by atoms with Crippen LogP contribution in [0.15, 0.2) is 47.4 Å². The molecule has 0 unspecified atom stereocenters. The predicted molar refractivity (Wildman–Crippen MR) is 128 cm³/mol.